The molecule has 14 heteroatoms. The van der Waals surface area contributed by atoms with Gasteiger partial charge in [-0.3, -0.25) is 19.0 Å². The molecule has 2 unspecified atom stereocenters. The minimum atomic E-state index is -0.114. The molecule has 0 spiro atoms. The van der Waals surface area contributed by atoms with Crippen molar-refractivity contribution in [3.63, 3.8) is 0 Å². The number of nitrogens with one attached hydrogen (secondary N) is 1. The lowest BCUT2D eigenvalue weighted by Crippen LogP contribution is -2.44. The summed E-state index contributed by atoms with van der Waals surface area (Å²) in [6.45, 7) is 5.64. The highest BCUT2D eigenvalue weighted by Crippen LogP contribution is 2.29. The van der Waals surface area contributed by atoms with Gasteiger partial charge in [0.2, 0.25) is 0 Å². The van der Waals surface area contributed by atoms with Crippen LogP contribution >= 0.6 is 23.2 Å². The van der Waals surface area contributed by atoms with Gasteiger partial charge in [-0.1, -0.05) is 138 Å². The average molecular weight is 884 g/mol. The molecule has 0 radical (unpaired) electrons. The van der Waals surface area contributed by atoms with E-state index in [0.717, 1.165) is 39.2 Å². The van der Waals surface area contributed by atoms with Gasteiger partial charge in [0.05, 0.1) is 49.9 Å². The molecule has 0 fully saturated rings. The van der Waals surface area contributed by atoms with Gasteiger partial charge in [-0.25, -0.2) is 0 Å². The van der Waals surface area contributed by atoms with Gasteiger partial charge in [-0.05, 0) is 60.0 Å². The summed E-state index contributed by atoms with van der Waals surface area (Å²) in [6.07, 6.45) is 0.250. The number of benzene rings is 5. The molecule has 0 saturated carbocycles. The van der Waals surface area contributed by atoms with Crippen molar-refractivity contribution in [3.8, 4) is 22.5 Å². The predicted molar refractivity (Wildman–Crippen MR) is 239 cm³/mol. The Bertz CT molecular complexity index is 2650. The van der Waals surface area contributed by atoms with Crippen LogP contribution in [0.1, 0.15) is 55.3 Å². The van der Waals surface area contributed by atoms with Crippen LogP contribution in [0.5, 0.6) is 0 Å². The maximum atomic E-state index is 13.4. The van der Waals surface area contributed by atoms with Crippen molar-refractivity contribution >= 4 is 41.2 Å². The van der Waals surface area contributed by atoms with Crippen LogP contribution in [0.4, 0.5) is 0 Å². The van der Waals surface area contributed by atoms with Crippen molar-refractivity contribution < 1.29 is 28.7 Å². The normalized spacial score (nSPS) is 15.1. The Labute approximate surface area is 375 Å². The molecule has 0 bridgehead atoms. The van der Waals surface area contributed by atoms with E-state index < -0.39 is 0 Å². The number of hydrogen-bond donors (Lipinski definition) is 1. The first kappa shape index (κ1) is 44.4. The summed E-state index contributed by atoms with van der Waals surface area (Å²) < 4.78 is 15.5. The van der Waals surface area contributed by atoms with Crippen LogP contribution in [0.3, 0.4) is 0 Å². The highest BCUT2D eigenvalue weighted by Gasteiger charge is 2.33. The molecule has 0 aliphatic carbocycles. The van der Waals surface area contributed by atoms with Gasteiger partial charge in [0.15, 0.2) is 0 Å². The number of carbonyl (C=O) groups excluding carboxylic acids is 4. The topological polar surface area (TPSA) is 138 Å². The number of fused-ring (bicyclic) bond motifs is 2. The smallest absolute Gasteiger partial charge is 0.373 e. The van der Waals surface area contributed by atoms with E-state index in [1.54, 1.807) is 4.68 Å². The van der Waals surface area contributed by atoms with Crippen molar-refractivity contribution in [2.75, 3.05) is 26.3 Å². The van der Waals surface area contributed by atoms with Gasteiger partial charge in [-0.2, -0.15) is 19.8 Å². The van der Waals surface area contributed by atoms with Crippen LogP contribution in [0.25, 0.3) is 22.5 Å². The molecule has 2 atom stereocenters. The molecule has 5 aromatic carbocycles. The standard InChI is InChI=1S/C28H26ClN3O2.C20H18ClN3O2.CO2/c1-20-6-5-9-22(14-20)16-31-17-25(19-34-18-21-7-3-2-4-8-21)32-27(28(31)33)15-26(30-32)23-10-12-24(29)13-11-23;21-16-8-6-15(7-9-16)18-10-19-20(25)22-11-17(24(19)23-18)13-26-12-14-4-2-1-3-5-14;2-1-3/h2-15,25H,16-19H2,1H3;1-10,17H,11-13H2,(H,22,25);. The molecule has 2 aromatic heterocycles. The molecule has 2 aliphatic heterocycles. The molecule has 0 saturated heterocycles. The maximum absolute atomic E-state index is 13.4. The molecule has 7 aromatic rings. The zero-order chi connectivity index (χ0) is 44.1. The fourth-order valence-corrected chi connectivity index (χ4v) is 7.61. The maximum Gasteiger partial charge on any atom is 0.373 e. The van der Waals surface area contributed by atoms with Gasteiger partial charge >= 0.3 is 6.15 Å². The molecule has 63 heavy (non-hydrogen) atoms. The largest absolute Gasteiger partial charge is 0.374 e. The SMILES string of the molecule is Cc1cccc(CN2CC(COCc3ccccc3)n3nc(-c4ccc(Cl)cc4)cc3C2=O)c1.O=C1NCC(COCc2ccccc2)n2nc(-c3ccc(Cl)cc3)cc21.O=C=O. The minimum Gasteiger partial charge on any atom is -0.374 e. The number of nitrogens with zero attached hydrogens (tertiary/aromatic N) is 5. The number of rotatable bonds is 12. The summed E-state index contributed by atoms with van der Waals surface area (Å²) in [5, 5.41) is 13.7. The van der Waals surface area contributed by atoms with Gasteiger partial charge in [-0.15, -0.1) is 0 Å². The highest BCUT2D eigenvalue weighted by molar-refractivity contribution is 6.30. The number of carbonyl (C=O) groups is 2. The summed E-state index contributed by atoms with van der Waals surface area (Å²) in [5.41, 5.74) is 9.02. The van der Waals surface area contributed by atoms with Crippen LogP contribution < -0.4 is 5.32 Å². The first-order chi connectivity index (χ1) is 30.7. The molecular formula is C49H44Cl2N6O6. The molecule has 1 N–H and O–H groups in total. The number of halogens is 2. The first-order valence-electron chi connectivity index (χ1n) is 20.3. The zero-order valence-corrected chi connectivity index (χ0v) is 35.9. The van der Waals surface area contributed by atoms with Crippen LogP contribution in [0.2, 0.25) is 10.0 Å². The fraction of sp³-hybridized carbons (Fsp3) is 0.204. The Kier molecular flexibility index (Phi) is 15.1. The quantitative estimate of drug-likeness (QED) is 0.128. The third-order valence-electron chi connectivity index (χ3n) is 10.4. The van der Waals surface area contributed by atoms with E-state index in [-0.39, 0.29) is 30.0 Å². The average Bonchev–Trinajstić information content (AvgIpc) is 3.96. The molecular weight excluding hydrogens is 839 g/mol. The summed E-state index contributed by atoms with van der Waals surface area (Å²) in [5.74, 6) is -0.134. The Morgan fingerprint density at radius 2 is 1.13 bits per heavy atom. The molecule has 2 aliphatic rings. The van der Waals surface area contributed by atoms with E-state index in [0.29, 0.717) is 67.5 Å². The number of ether oxygens (including phenoxy) is 2. The van der Waals surface area contributed by atoms with Crippen molar-refractivity contribution in [1.29, 1.82) is 0 Å². The second-order valence-electron chi connectivity index (χ2n) is 15.0. The summed E-state index contributed by atoms with van der Waals surface area (Å²) >= 11 is 12.0. The Balaban J connectivity index is 0.000000183. The van der Waals surface area contributed by atoms with Gasteiger partial charge in [0.1, 0.15) is 11.4 Å². The third kappa shape index (κ3) is 11.6. The van der Waals surface area contributed by atoms with Crippen LogP contribution in [-0.2, 0) is 38.8 Å². The van der Waals surface area contributed by atoms with E-state index in [1.165, 1.54) is 5.56 Å². The van der Waals surface area contributed by atoms with E-state index in [4.69, 9.17) is 47.4 Å². The third-order valence-corrected chi connectivity index (χ3v) is 10.9. The summed E-state index contributed by atoms with van der Waals surface area (Å²) in [6, 6.07) is 46.9. The molecule has 4 heterocycles. The lowest BCUT2D eigenvalue weighted by Gasteiger charge is -2.33. The van der Waals surface area contributed by atoms with Gasteiger partial charge in [0, 0.05) is 40.8 Å². The molecule has 12 nitrogen and oxygen atoms in total. The predicted octanol–water partition coefficient (Wildman–Crippen LogP) is 9.05. The summed E-state index contributed by atoms with van der Waals surface area (Å²) in [7, 11) is 0. The van der Waals surface area contributed by atoms with E-state index in [9.17, 15) is 9.59 Å². The van der Waals surface area contributed by atoms with Crippen LogP contribution in [-0.4, -0.2) is 68.7 Å². The first-order valence-corrected chi connectivity index (χ1v) is 21.0. The van der Waals surface area contributed by atoms with Crippen molar-refractivity contribution in [2.45, 2.75) is 38.8 Å². The number of hydrogen-bond acceptors (Lipinski definition) is 8. The van der Waals surface area contributed by atoms with Crippen molar-refractivity contribution in [1.82, 2.24) is 29.8 Å². The number of aryl methyl sites for hydroxylation is 1. The Morgan fingerprint density at radius 3 is 1.67 bits per heavy atom. The van der Waals surface area contributed by atoms with E-state index >= 15 is 0 Å². The summed E-state index contributed by atoms with van der Waals surface area (Å²) in [4.78, 5) is 43.8. The molecule has 9 rings (SSSR count). The van der Waals surface area contributed by atoms with Crippen molar-refractivity contribution in [3.05, 3.63) is 189 Å². The molecule has 320 valence electrons. The second-order valence-corrected chi connectivity index (χ2v) is 15.9. The Hall–Kier alpha value is -6.66. The number of amides is 2. The Morgan fingerprint density at radius 1 is 0.635 bits per heavy atom. The van der Waals surface area contributed by atoms with Crippen molar-refractivity contribution in [2.24, 2.45) is 0 Å². The lowest BCUT2D eigenvalue weighted by atomic mass is 10.1. The number of aromatic nitrogens is 4. The lowest BCUT2D eigenvalue weighted by molar-refractivity contribution is -0.191. The monoisotopic (exact) mass is 882 g/mol. The van der Waals surface area contributed by atoms with Gasteiger partial charge in [0.25, 0.3) is 11.8 Å². The van der Waals surface area contributed by atoms with Gasteiger partial charge < -0.3 is 19.7 Å². The van der Waals surface area contributed by atoms with E-state index in [2.05, 4.69) is 35.5 Å². The minimum absolute atomic E-state index is 0.0199. The molecule has 2 amide bonds. The van der Waals surface area contributed by atoms with E-state index in [1.807, 2.05) is 137 Å². The fourth-order valence-electron chi connectivity index (χ4n) is 7.36. The highest BCUT2D eigenvalue weighted by atomic mass is 35.5. The zero-order valence-electron chi connectivity index (χ0n) is 34.4. The second kappa shape index (κ2) is 21.4. The van der Waals surface area contributed by atoms with Crippen LogP contribution in [0, 0.1) is 6.92 Å². The van der Waals surface area contributed by atoms with Crippen LogP contribution in [0.15, 0.2) is 146 Å².